The molecule has 6 heteroatoms. The minimum Gasteiger partial charge on any atom is -0.493 e. The van der Waals surface area contributed by atoms with Crippen LogP contribution in [0.3, 0.4) is 0 Å². The molecule has 0 radical (unpaired) electrons. The summed E-state index contributed by atoms with van der Waals surface area (Å²) in [4.78, 5) is 17.4. The van der Waals surface area contributed by atoms with Gasteiger partial charge in [0.2, 0.25) is 0 Å². The average molecular weight is 389 g/mol. The normalized spacial score (nSPS) is 15.3. The first-order valence-electron chi connectivity index (χ1n) is 9.41. The molecule has 0 fully saturated rings. The second kappa shape index (κ2) is 7.20. The molecule has 2 aromatic carbocycles. The van der Waals surface area contributed by atoms with Gasteiger partial charge >= 0.3 is 0 Å². The summed E-state index contributed by atoms with van der Waals surface area (Å²) in [6.45, 7) is 4.67. The first-order chi connectivity index (χ1) is 13.9. The van der Waals surface area contributed by atoms with E-state index in [9.17, 15) is 4.79 Å². The molecule has 148 valence electrons. The van der Waals surface area contributed by atoms with Crippen molar-refractivity contribution in [2.45, 2.75) is 13.8 Å². The largest absolute Gasteiger partial charge is 0.493 e. The summed E-state index contributed by atoms with van der Waals surface area (Å²) in [5, 5.41) is 7.16. The predicted molar refractivity (Wildman–Crippen MR) is 113 cm³/mol. The van der Waals surface area contributed by atoms with Gasteiger partial charge in [0.05, 0.1) is 32.0 Å². The predicted octanol–water partition coefficient (Wildman–Crippen LogP) is 4.14. The topological polar surface area (TPSA) is 64.0 Å². The van der Waals surface area contributed by atoms with Gasteiger partial charge in [0.25, 0.3) is 5.91 Å². The van der Waals surface area contributed by atoms with Crippen LogP contribution in [0.1, 0.15) is 29.8 Å². The number of pyridine rings is 1. The van der Waals surface area contributed by atoms with Crippen molar-refractivity contribution in [3.05, 3.63) is 65.9 Å². The SMILES string of the molecule is COc1ccc(C2=NN(C(=O)c3ccc4ncccc4c3)CC2(C)C)cc1OC. The van der Waals surface area contributed by atoms with Gasteiger partial charge in [-0.05, 0) is 42.5 Å². The Morgan fingerprint density at radius 3 is 2.59 bits per heavy atom. The summed E-state index contributed by atoms with van der Waals surface area (Å²) in [6.07, 6.45) is 1.74. The second-order valence-corrected chi connectivity index (χ2v) is 7.68. The van der Waals surface area contributed by atoms with Crippen LogP contribution >= 0.6 is 0 Å². The number of fused-ring (bicyclic) bond motifs is 1. The molecule has 0 atom stereocenters. The van der Waals surface area contributed by atoms with Gasteiger partial charge in [0.1, 0.15) is 0 Å². The molecule has 2 heterocycles. The van der Waals surface area contributed by atoms with Gasteiger partial charge < -0.3 is 9.47 Å². The van der Waals surface area contributed by atoms with E-state index < -0.39 is 0 Å². The highest BCUT2D eigenvalue weighted by Crippen LogP contribution is 2.35. The van der Waals surface area contributed by atoms with Gasteiger partial charge in [0, 0.05) is 28.1 Å². The Morgan fingerprint density at radius 1 is 1.03 bits per heavy atom. The molecular formula is C23H23N3O3. The summed E-state index contributed by atoms with van der Waals surface area (Å²) in [7, 11) is 3.21. The molecular weight excluding hydrogens is 366 g/mol. The van der Waals surface area contributed by atoms with Crippen molar-refractivity contribution in [3.63, 3.8) is 0 Å². The van der Waals surface area contributed by atoms with Gasteiger partial charge in [-0.2, -0.15) is 5.10 Å². The zero-order chi connectivity index (χ0) is 20.6. The highest BCUT2D eigenvalue weighted by molar-refractivity contribution is 6.08. The monoisotopic (exact) mass is 389 g/mol. The number of hydrazone groups is 1. The van der Waals surface area contributed by atoms with Crippen LogP contribution in [0.2, 0.25) is 0 Å². The van der Waals surface area contributed by atoms with Crippen LogP contribution in [0.15, 0.2) is 59.8 Å². The van der Waals surface area contributed by atoms with Gasteiger partial charge in [-0.15, -0.1) is 0 Å². The van der Waals surface area contributed by atoms with Gasteiger partial charge in [-0.1, -0.05) is 19.9 Å². The van der Waals surface area contributed by atoms with E-state index in [2.05, 4.69) is 23.9 Å². The van der Waals surface area contributed by atoms with Crippen molar-refractivity contribution < 1.29 is 14.3 Å². The third kappa shape index (κ3) is 3.42. The van der Waals surface area contributed by atoms with E-state index in [1.807, 2.05) is 42.5 Å². The van der Waals surface area contributed by atoms with Gasteiger partial charge in [-0.3, -0.25) is 9.78 Å². The number of rotatable bonds is 4. The van der Waals surface area contributed by atoms with E-state index in [4.69, 9.17) is 9.47 Å². The number of methoxy groups -OCH3 is 2. The second-order valence-electron chi connectivity index (χ2n) is 7.68. The van der Waals surface area contributed by atoms with Gasteiger partial charge in [-0.25, -0.2) is 5.01 Å². The van der Waals surface area contributed by atoms with Crippen LogP contribution < -0.4 is 9.47 Å². The van der Waals surface area contributed by atoms with E-state index in [0.717, 1.165) is 22.2 Å². The minimum absolute atomic E-state index is 0.126. The lowest BCUT2D eigenvalue weighted by Crippen LogP contribution is -2.31. The number of benzene rings is 2. The third-order valence-electron chi connectivity index (χ3n) is 5.15. The molecule has 0 saturated carbocycles. The van der Waals surface area contributed by atoms with Crippen LogP contribution in [0.4, 0.5) is 0 Å². The summed E-state index contributed by atoms with van der Waals surface area (Å²) < 4.78 is 10.7. The van der Waals surface area contributed by atoms with E-state index in [0.29, 0.717) is 23.6 Å². The summed E-state index contributed by atoms with van der Waals surface area (Å²) in [5.41, 5.74) is 2.91. The Bertz CT molecular complexity index is 1120. The molecule has 1 aromatic heterocycles. The molecule has 1 amide bonds. The maximum absolute atomic E-state index is 13.1. The lowest BCUT2D eigenvalue weighted by Gasteiger charge is -2.21. The van der Waals surface area contributed by atoms with Crippen molar-refractivity contribution in [1.29, 1.82) is 0 Å². The van der Waals surface area contributed by atoms with E-state index in [1.54, 1.807) is 31.5 Å². The summed E-state index contributed by atoms with van der Waals surface area (Å²) >= 11 is 0. The highest BCUT2D eigenvalue weighted by atomic mass is 16.5. The molecule has 1 aliphatic rings. The Balaban J connectivity index is 1.69. The zero-order valence-corrected chi connectivity index (χ0v) is 17.0. The summed E-state index contributed by atoms with van der Waals surface area (Å²) in [5.74, 6) is 1.17. The number of carbonyl (C=O) groups is 1. The molecule has 4 rings (SSSR count). The Hall–Kier alpha value is -3.41. The maximum atomic E-state index is 13.1. The van der Waals surface area contributed by atoms with Crippen molar-refractivity contribution in [2.24, 2.45) is 10.5 Å². The first-order valence-corrected chi connectivity index (χ1v) is 9.41. The van der Waals surface area contributed by atoms with Crippen LogP contribution in [0.25, 0.3) is 10.9 Å². The Morgan fingerprint density at radius 2 is 1.83 bits per heavy atom. The van der Waals surface area contributed by atoms with Crippen LogP contribution in [0.5, 0.6) is 11.5 Å². The fourth-order valence-corrected chi connectivity index (χ4v) is 3.65. The van der Waals surface area contributed by atoms with E-state index in [1.165, 1.54) is 0 Å². The maximum Gasteiger partial charge on any atom is 0.274 e. The van der Waals surface area contributed by atoms with Crippen LogP contribution in [-0.2, 0) is 0 Å². The van der Waals surface area contributed by atoms with E-state index in [-0.39, 0.29) is 11.3 Å². The molecule has 1 aliphatic heterocycles. The van der Waals surface area contributed by atoms with Crippen LogP contribution in [-0.4, -0.2) is 42.4 Å². The molecule has 0 bridgehead atoms. The zero-order valence-electron chi connectivity index (χ0n) is 17.0. The molecule has 0 saturated heterocycles. The number of amides is 1. The van der Waals surface area contributed by atoms with Crippen molar-refractivity contribution >= 4 is 22.5 Å². The molecule has 6 nitrogen and oxygen atoms in total. The molecule has 0 aliphatic carbocycles. The number of hydrogen-bond donors (Lipinski definition) is 0. The molecule has 0 unspecified atom stereocenters. The number of hydrogen-bond acceptors (Lipinski definition) is 5. The smallest absolute Gasteiger partial charge is 0.274 e. The molecule has 0 spiro atoms. The first kappa shape index (κ1) is 18.9. The number of carbonyl (C=O) groups excluding carboxylic acids is 1. The third-order valence-corrected chi connectivity index (χ3v) is 5.15. The quantitative estimate of drug-likeness (QED) is 0.673. The van der Waals surface area contributed by atoms with Crippen molar-refractivity contribution in [1.82, 2.24) is 9.99 Å². The molecule has 3 aromatic rings. The fraction of sp³-hybridized carbons (Fsp3) is 0.261. The molecule has 0 N–H and O–H groups in total. The van der Waals surface area contributed by atoms with E-state index >= 15 is 0 Å². The lowest BCUT2D eigenvalue weighted by molar-refractivity contribution is 0.0754. The van der Waals surface area contributed by atoms with Crippen LogP contribution in [0, 0.1) is 5.41 Å². The summed E-state index contributed by atoms with van der Waals surface area (Å²) in [6, 6.07) is 15.0. The average Bonchev–Trinajstić information content (AvgIpc) is 3.07. The Labute approximate surface area is 169 Å². The highest BCUT2D eigenvalue weighted by Gasteiger charge is 2.38. The molecule has 29 heavy (non-hydrogen) atoms. The lowest BCUT2D eigenvalue weighted by atomic mass is 9.84. The fourth-order valence-electron chi connectivity index (χ4n) is 3.65. The van der Waals surface area contributed by atoms with Crippen molar-refractivity contribution in [3.8, 4) is 11.5 Å². The Kier molecular flexibility index (Phi) is 4.70. The van der Waals surface area contributed by atoms with Crippen molar-refractivity contribution in [2.75, 3.05) is 20.8 Å². The number of nitrogens with zero attached hydrogens (tertiary/aromatic N) is 3. The van der Waals surface area contributed by atoms with Gasteiger partial charge in [0.15, 0.2) is 11.5 Å². The number of ether oxygens (including phenoxy) is 2. The minimum atomic E-state index is -0.298. The number of aromatic nitrogens is 1. The standard InChI is InChI=1S/C23H23N3O3/c1-23(2)14-26(22(27)17-7-9-18-15(12-17)6-5-11-24-18)25-21(23)16-8-10-19(28-3)20(13-16)29-4/h5-13H,14H2,1-4H3.